The third-order valence-electron chi connectivity index (χ3n) is 4.06. The number of ether oxygens (including phenoxy) is 1. The SMILES string of the molecule is Cc1nnc(NC(=O)c2cc3c(c([C@@H]4C[C@H]4N)c2)OCC3)s1.Cl.Cl. The molecule has 1 aromatic heterocycles. The van der Waals surface area contributed by atoms with E-state index in [1.54, 1.807) is 0 Å². The minimum Gasteiger partial charge on any atom is -0.493 e. The van der Waals surface area contributed by atoms with Crippen molar-refractivity contribution in [2.24, 2.45) is 5.73 Å². The largest absolute Gasteiger partial charge is 0.493 e. The Labute approximate surface area is 156 Å². The number of nitrogens with zero attached hydrogens (tertiary/aromatic N) is 2. The standard InChI is InChI=1S/C15H16N4O2S.2ClH/c1-7-18-19-15(22-7)17-14(20)9-4-8-2-3-21-13(8)11(5-9)10-6-12(10)16;;/h4-5,10,12H,2-3,6,16H2,1H3,(H,17,19,20);2*1H/t10-,12+;;/m0../s1. The van der Waals surface area contributed by atoms with Gasteiger partial charge in [-0.3, -0.25) is 10.1 Å². The van der Waals surface area contributed by atoms with Gasteiger partial charge in [0.15, 0.2) is 0 Å². The predicted octanol–water partition coefficient (Wildman–Crippen LogP) is 2.69. The average Bonchev–Trinajstić information content (AvgIpc) is 2.89. The zero-order valence-electron chi connectivity index (χ0n) is 12.9. The first-order chi connectivity index (χ1) is 10.6. The lowest BCUT2D eigenvalue weighted by molar-refractivity contribution is 0.102. The Bertz CT molecular complexity index is 768. The fraction of sp³-hybridized carbons (Fsp3) is 0.400. The van der Waals surface area contributed by atoms with Crippen LogP contribution in [0, 0.1) is 6.92 Å². The fourth-order valence-corrected chi connectivity index (χ4v) is 3.42. The van der Waals surface area contributed by atoms with Crippen molar-refractivity contribution in [3.8, 4) is 5.75 Å². The Kier molecular flexibility index (Phi) is 5.70. The molecule has 9 heteroatoms. The fourth-order valence-electron chi connectivity index (χ4n) is 2.83. The summed E-state index contributed by atoms with van der Waals surface area (Å²) in [6, 6.07) is 3.99. The highest BCUT2D eigenvalue weighted by atomic mass is 35.5. The number of carbonyl (C=O) groups excluding carboxylic acids is 1. The Hall–Kier alpha value is -1.41. The number of halogens is 2. The van der Waals surface area contributed by atoms with Crippen LogP contribution in [0.5, 0.6) is 5.75 Å². The van der Waals surface area contributed by atoms with Crippen molar-refractivity contribution >= 4 is 47.2 Å². The van der Waals surface area contributed by atoms with E-state index in [1.165, 1.54) is 11.3 Å². The number of amides is 1. The number of anilines is 1. The van der Waals surface area contributed by atoms with E-state index in [9.17, 15) is 4.79 Å². The van der Waals surface area contributed by atoms with Crippen molar-refractivity contribution in [1.82, 2.24) is 10.2 Å². The molecule has 1 saturated carbocycles. The number of fused-ring (bicyclic) bond motifs is 1. The van der Waals surface area contributed by atoms with Crippen LogP contribution >= 0.6 is 36.2 Å². The lowest BCUT2D eigenvalue weighted by Crippen LogP contribution is -2.13. The molecule has 2 aliphatic rings. The Morgan fingerprint density at radius 3 is 2.75 bits per heavy atom. The number of aromatic nitrogens is 2. The molecule has 1 aliphatic heterocycles. The van der Waals surface area contributed by atoms with Gasteiger partial charge >= 0.3 is 0 Å². The summed E-state index contributed by atoms with van der Waals surface area (Å²) in [5.74, 6) is 1.07. The van der Waals surface area contributed by atoms with Gasteiger partial charge in [0.2, 0.25) is 5.13 Å². The first kappa shape index (κ1) is 18.9. The maximum Gasteiger partial charge on any atom is 0.257 e. The highest BCUT2D eigenvalue weighted by molar-refractivity contribution is 7.15. The lowest BCUT2D eigenvalue weighted by atomic mass is 9.99. The molecule has 1 aliphatic carbocycles. The predicted molar refractivity (Wildman–Crippen MR) is 98.1 cm³/mol. The molecule has 4 rings (SSSR count). The van der Waals surface area contributed by atoms with E-state index in [0.717, 1.165) is 34.7 Å². The van der Waals surface area contributed by atoms with E-state index in [1.807, 2.05) is 19.1 Å². The van der Waals surface area contributed by atoms with E-state index in [-0.39, 0.29) is 36.8 Å². The monoisotopic (exact) mass is 388 g/mol. The summed E-state index contributed by atoms with van der Waals surface area (Å²) in [6.45, 7) is 2.53. The molecular formula is C15H18Cl2N4O2S. The van der Waals surface area contributed by atoms with E-state index >= 15 is 0 Å². The molecule has 6 nitrogen and oxygen atoms in total. The summed E-state index contributed by atoms with van der Waals surface area (Å²) in [7, 11) is 0. The molecule has 130 valence electrons. The molecule has 0 bridgehead atoms. The van der Waals surface area contributed by atoms with Gasteiger partial charge in [-0.2, -0.15) is 0 Å². The summed E-state index contributed by atoms with van der Waals surface area (Å²) in [6.07, 6.45) is 1.79. The number of rotatable bonds is 3. The molecule has 1 amide bonds. The second-order valence-electron chi connectivity index (χ2n) is 5.74. The Morgan fingerprint density at radius 1 is 1.38 bits per heavy atom. The van der Waals surface area contributed by atoms with Crippen LogP contribution in [-0.2, 0) is 6.42 Å². The third-order valence-corrected chi connectivity index (χ3v) is 4.81. The molecule has 2 atom stereocenters. The average molecular weight is 389 g/mol. The normalized spacial score (nSPS) is 20.2. The van der Waals surface area contributed by atoms with Gasteiger partial charge in [0, 0.05) is 23.9 Å². The van der Waals surface area contributed by atoms with E-state index in [2.05, 4.69) is 15.5 Å². The lowest BCUT2D eigenvalue weighted by Gasteiger charge is -2.10. The van der Waals surface area contributed by atoms with Crippen LogP contribution in [-0.4, -0.2) is 28.8 Å². The van der Waals surface area contributed by atoms with Crippen LogP contribution in [0.1, 0.15) is 38.8 Å². The number of hydrogen-bond donors (Lipinski definition) is 2. The zero-order chi connectivity index (χ0) is 15.3. The summed E-state index contributed by atoms with van der Waals surface area (Å²) in [4.78, 5) is 12.5. The number of benzene rings is 1. The van der Waals surface area contributed by atoms with Crippen molar-refractivity contribution in [2.75, 3.05) is 11.9 Å². The first-order valence-electron chi connectivity index (χ1n) is 7.28. The number of nitrogens with one attached hydrogen (secondary N) is 1. The Balaban J connectivity index is 0.00000104. The van der Waals surface area contributed by atoms with Crippen LogP contribution in [0.2, 0.25) is 0 Å². The van der Waals surface area contributed by atoms with Crippen molar-refractivity contribution in [1.29, 1.82) is 0 Å². The summed E-state index contributed by atoms with van der Waals surface area (Å²) < 4.78 is 5.73. The third kappa shape index (κ3) is 3.49. The number of carbonyl (C=O) groups is 1. The quantitative estimate of drug-likeness (QED) is 0.843. The molecule has 0 radical (unpaired) electrons. The highest BCUT2D eigenvalue weighted by Gasteiger charge is 2.39. The summed E-state index contributed by atoms with van der Waals surface area (Å²) >= 11 is 1.36. The smallest absolute Gasteiger partial charge is 0.257 e. The van der Waals surface area contributed by atoms with Gasteiger partial charge in [0.25, 0.3) is 5.91 Å². The van der Waals surface area contributed by atoms with E-state index < -0.39 is 0 Å². The maximum atomic E-state index is 12.5. The van der Waals surface area contributed by atoms with Gasteiger partial charge in [0.05, 0.1) is 6.61 Å². The summed E-state index contributed by atoms with van der Waals surface area (Å²) in [5, 5.41) is 12.0. The van der Waals surface area contributed by atoms with E-state index in [4.69, 9.17) is 10.5 Å². The zero-order valence-corrected chi connectivity index (χ0v) is 15.4. The topological polar surface area (TPSA) is 90.1 Å². The van der Waals surface area contributed by atoms with Crippen molar-refractivity contribution in [3.63, 3.8) is 0 Å². The van der Waals surface area contributed by atoms with Crippen LogP contribution in [0.15, 0.2) is 12.1 Å². The molecule has 2 aromatic rings. The molecule has 2 heterocycles. The van der Waals surface area contributed by atoms with Crippen LogP contribution in [0.3, 0.4) is 0 Å². The van der Waals surface area contributed by atoms with Crippen LogP contribution in [0.25, 0.3) is 0 Å². The van der Waals surface area contributed by atoms with Gasteiger partial charge in [-0.1, -0.05) is 11.3 Å². The molecule has 0 unspecified atom stereocenters. The van der Waals surface area contributed by atoms with Gasteiger partial charge in [-0.25, -0.2) is 0 Å². The maximum absolute atomic E-state index is 12.5. The molecule has 0 saturated heterocycles. The van der Waals surface area contributed by atoms with Crippen LogP contribution < -0.4 is 15.8 Å². The molecular weight excluding hydrogens is 371 g/mol. The molecule has 1 aromatic carbocycles. The number of aryl methyl sites for hydroxylation is 1. The second-order valence-corrected chi connectivity index (χ2v) is 6.92. The van der Waals surface area contributed by atoms with Gasteiger partial charge in [-0.15, -0.1) is 35.0 Å². The van der Waals surface area contributed by atoms with Crippen molar-refractivity contribution in [3.05, 3.63) is 33.8 Å². The van der Waals surface area contributed by atoms with Gasteiger partial charge in [-0.05, 0) is 36.6 Å². The first-order valence-corrected chi connectivity index (χ1v) is 8.10. The van der Waals surface area contributed by atoms with Crippen molar-refractivity contribution < 1.29 is 9.53 Å². The van der Waals surface area contributed by atoms with Gasteiger partial charge in [0.1, 0.15) is 10.8 Å². The number of nitrogens with two attached hydrogens (primary N) is 1. The Morgan fingerprint density at radius 2 is 2.12 bits per heavy atom. The number of hydrogen-bond acceptors (Lipinski definition) is 6. The van der Waals surface area contributed by atoms with E-state index in [0.29, 0.717) is 23.2 Å². The summed E-state index contributed by atoms with van der Waals surface area (Å²) in [5.41, 5.74) is 8.77. The minimum atomic E-state index is -0.165. The second kappa shape index (κ2) is 7.23. The molecule has 24 heavy (non-hydrogen) atoms. The van der Waals surface area contributed by atoms with Gasteiger partial charge < -0.3 is 10.5 Å². The van der Waals surface area contributed by atoms with Crippen molar-refractivity contribution in [2.45, 2.75) is 31.7 Å². The molecule has 3 N–H and O–H groups in total. The minimum absolute atomic E-state index is 0. The van der Waals surface area contributed by atoms with Crippen LogP contribution in [0.4, 0.5) is 5.13 Å². The molecule has 0 spiro atoms. The molecule has 1 fully saturated rings. The highest BCUT2D eigenvalue weighted by Crippen LogP contribution is 2.46.